The molecule has 29 heavy (non-hydrogen) atoms. The largest absolute Gasteiger partial charge is 0.310 e. The van der Waals surface area contributed by atoms with Crippen molar-refractivity contribution in [2.24, 2.45) is 0 Å². The highest BCUT2D eigenvalue weighted by Gasteiger charge is 2.14. The number of para-hydroxylation sites is 1. The lowest BCUT2D eigenvalue weighted by Crippen LogP contribution is -2.24. The van der Waals surface area contributed by atoms with Crippen molar-refractivity contribution >= 4 is 21.5 Å². The zero-order valence-electron chi connectivity index (χ0n) is 17.0. The number of hydrogen-bond acceptors (Lipinski definition) is 6. The van der Waals surface area contributed by atoms with Gasteiger partial charge in [0.1, 0.15) is 0 Å². The molecule has 0 fully saturated rings. The van der Waals surface area contributed by atoms with Gasteiger partial charge in [-0.1, -0.05) is 30.3 Å². The van der Waals surface area contributed by atoms with E-state index in [2.05, 4.69) is 28.9 Å². The van der Waals surface area contributed by atoms with Crippen LogP contribution in [-0.4, -0.2) is 56.7 Å². The van der Waals surface area contributed by atoms with Gasteiger partial charge in [-0.25, -0.2) is 18.4 Å². The van der Waals surface area contributed by atoms with E-state index in [0.29, 0.717) is 10.8 Å². The Morgan fingerprint density at radius 2 is 1.59 bits per heavy atom. The fraction of sp³-hybridized carbons (Fsp3) is 0.273. The Morgan fingerprint density at radius 1 is 0.897 bits per heavy atom. The summed E-state index contributed by atoms with van der Waals surface area (Å²) in [6, 6.07) is 18.7. The normalized spacial score (nSPS) is 11.6. The molecule has 152 valence electrons. The molecular formula is C22H26N4O2S. The van der Waals surface area contributed by atoms with E-state index in [-0.39, 0.29) is 0 Å². The predicted octanol–water partition coefficient (Wildman–Crippen LogP) is 3.64. The zero-order chi connectivity index (χ0) is 20.9. The second-order valence-electron chi connectivity index (χ2n) is 7.18. The van der Waals surface area contributed by atoms with Gasteiger partial charge in [-0.15, -0.1) is 0 Å². The lowest BCUT2D eigenvalue weighted by Gasteiger charge is -2.24. The Hall–Kier alpha value is -2.77. The summed E-state index contributed by atoms with van der Waals surface area (Å²) in [7, 11) is 0.898. The summed E-state index contributed by atoms with van der Waals surface area (Å²) in [5.74, 6) is 0.625. The molecule has 0 amide bonds. The molecule has 0 atom stereocenters. The first-order valence-electron chi connectivity index (χ1n) is 9.45. The Bertz CT molecular complexity index is 1040. The van der Waals surface area contributed by atoms with Crippen LogP contribution in [0.1, 0.15) is 6.42 Å². The first kappa shape index (κ1) is 21.0. The van der Waals surface area contributed by atoms with Crippen molar-refractivity contribution in [2.45, 2.75) is 11.3 Å². The van der Waals surface area contributed by atoms with E-state index in [1.54, 1.807) is 30.5 Å². The van der Waals surface area contributed by atoms with Crippen molar-refractivity contribution in [3.63, 3.8) is 0 Å². The molecule has 0 saturated heterocycles. The van der Waals surface area contributed by atoms with Crippen LogP contribution in [0.5, 0.6) is 0 Å². The SMILES string of the molecule is CN(C)CCCN(c1ccccc1)c1nccc(-c2ccc(S(C)(=O)=O)cc2)n1. The quantitative estimate of drug-likeness (QED) is 0.565. The Balaban J connectivity index is 1.91. The number of rotatable bonds is 8. The molecular weight excluding hydrogens is 384 g/mol. The van der Waals surface area contributed by atoms with E-state index in [4.69, 9.17) is 4.98 Å². The van der Waals surface area contributed by atoms with E-state index in [1.165, 1.54) is 6.26 Å². The van der Waals surface area contributed by atoms with Crippen LogP contribution in [0.25, 0.3) is 11.3 Å². The third-order valence-corrected chi connectivity index (χ3v) is 5.65. The fourth-order valence-electron chi connectivity index (χ4n) is 3.01. The van der Waals surface area contributed by atoms with E-state index in [0.717, 1.165) is 36.5 Å². The van der Waals surface area contributed by atoms with Gasteiger partial charge in [0.2, 0.25) is 5.95 Å². The molecule has 1 aromatic heterocycles. The lowest BCUT2D eigenvalue weighted by molar-refractivity contribution is 0.402. The summed E-state index contributed by atoms with van der Waals surface area (Å²) < 4.78 is 23.4. The minimum atomic E-state index is -3.22. The van der Waals surface area contributed by atoms with Gasteiger partial charge in [0.05, 0.1) is 10.6 Å². The van der Waals surface area contributed by atoms with Gasteiger partial charge in [-0.3, -0.25) is 0 Å². The molecule has 6 nitrogen and oxygen atoms in total. The highest BCUT2D eigenvalue weighted by Crippen LogP contribution is 2.25. The summed E-state index contributed by atoms with van der Waals surface area (Å²) in [5.41, 5.74) is 2.64. The number of aromatic nitrogens is 2. The topological polar surface area (TPSA) is 66.4 Å². The molecule has 0 saturated carbocycles. The van der Waals surface area contributed by atoms with Crippen molar-refractivity contribution in [1.82, 2.24) is 14.9 Å². The molecule has 7 heteroatoms. The Morgan fingerprint density at radius 3 is 2.21 bits per heavy atom. The minimum absolute atomic E-state index is 0.296. The number of hydrogen-bond donors (Lipinski definition) is 0. The number of benzene rings is 2. The molecule has 0 aliphatic rings. The van der Waals surface area contributed by atoms with E-state index < -0.39 is 9.84 Å². The van der Waals surface area contributed by atoms with Gasteiger partial charge in [-0.05, 0) is 57.4 Å². The molecule has 1 heterocycles. The van der Waals surface area contributed by atoms with E-state index >= 15 is 0 Å². The van der Waals surface area contributed by atoms with Crippen LogP contribution in [0.3, 0.4) is 0 Å². The van der Waals surface area contributed by atoms with Gasteiger partial charge in [-0.2, -0.15) is 0 Å². The van der Waals surface area contributed by atoms with Gasteiger partial charge in [0.25, 0.3) is 0 Å². The van der Waals surface area contributed by atoms with Gasteiger partial charge >= 0.3 is 0 Å². The molecule has 0 N–H and O–H groups in total. The van der Waals surface area contributed by atoms with E-state index in [1.807, 2.05) is 36.4 Å². The Labute approximate surface area is 172 Å². The van der Waals surface area contributed by atoms with Gasteiger partial charge in [0.15, 0.2) is 9.84 Å². The third kappa shape index (κ3) is 5.62. The fourth-order valence-corrected chi connectivity index (χ4v) is 3.64. The maximum atomic E-state index is 11.7. The van der Waals surface area contributed by atoms with Crippen molar-refractivity contribution in [3.8, 4) is 11.3 Å². The average molecular weight is 411 g/mol. The molecule has 0 aliphatic carbocycles. The second kappa shape index (κ2) is 9.15. The van der Waals surface area contributed by atoms with Crippen LogP contribution in [0.4, 0.5) is 11.6 Å². The minimum Gasteiger partial charge on any atom is -0.310 e. The highest BCUT2D eigenvalue weighted by atomic mass is 32.2. The molecule has 0 bridgehead atoms. The van der Waals surface area contributed by atoms with Crippen molar-refractivity contribution in [1.29, 1.82) is 0 Å². The number of nitrogens with zero attached hydrogens (tertiary/aromatic N) is 4. The molecule has 2 aromatic carbocycles. The van der Waals surface area contributed by atoms with Crippen LogP contribution < -0.4 is 4.90 Å². The summed E-state index contributed by atoms with van der Waals surface area (Å²) in [6.45, 7) is 1.76. The van der Waals surface area contributed by atoms with Crippen LogP contribution in [0.15, 0.2) is 71.8 Å². The molecule has 3 rings (SSSR count). The zero-order valence-corrected chi connectivity index (χ0v) is 17.8. The van der Waals surface area contributed by atoms with E-state index in [9.17, 15) is 8.42 Å². The predicted molar refractivity (Wildman–Crippen MR) is 117 cm³/mol. The lowest BCUT2D eigenvalue weighted by atomic mass is 10.1. The standard InChI is InChI=1S/C22H26N4O2S/c1-25(2)16-7-17-26(19-8-5-4-6-9-19)22-23-15-14-21(24-22)18-10-12-20(13-11-18)29(3,27)28/h4-6,8-15H,7,16-17H2,1-3H3. The van der Waals surface area contributed by atoms with Crippen molar-refractivity contribution in [3.05, 3.63) is 66.9 Å². The molecule has 0 unspecified atom stereocenters. The maximum Gasteiger partial charge on any atom is 0.230 e. The van der Waals surface area contributed by atoms with Crippen molar-refractivity contribution < 1.29 is 8.42 Å². The molecule has 0 radical (unpaired) electrons. The maximum absolute atomic E-state index is 11.7. The number of anilines is 2. The van der Waals surface area contributed by atoms with Crippen LogP contribution in [-0.2, 0) is 9.84 Å². The van der Waals surface area contributed by atoms with Crippen molar-refractivity contribution in [2.75, 3.05) is 38.3 Å². The smallest absolute Gasteiger partial charge is 0.230 e. The number of sulfone groups is 1. The van der Waals surface area contributed by atoms with Crippen LogP contribution >= 0.6 is 0 Å². The first-order chi connectivity index (χ1) is 13.8. The first-order valence-corrected chi connectivity index (χ1v) is 11.3. The monoisotopic (exact) mass is 410 g/mol. The molecule has 0 spiro atoms. The summed E-state index contributed by atoms with van der Waals surface area (Å²) in [6.07, 6.45) is 3.92. The van der Waals surface area contributed by atoms with Crippen LogP contribution in [0.2, 0.25) is 0 Å². The Kier molecular flexibility index (Phi) is 6.61. The van der Waals surface area contributed by atoms with Crippen LogP contribution in [0, 0.1) is 0 Å². The van der Waals surface area contributed by atoms with Gasteiger partial charge < -0.3 is 9.80 Å². The summed E-state index contributed by atoms with van der Waals surface area (Å²) in [5, 5.41) is 0. The molecule has 0 aliphatic heterocycles. The third-order valence-electron chi connectivity index (χ3n) is 4.52. The molecule has 3 aromatic rings. The highest BCUT2D eigenvalue weighted by molar-refractivity contribution is 7.90. The average Bonchev–Trinajstić information content (AvgIpc) is 2.71. The second-order valence-corrected chi connectivity index (χ2v) is 9.20. The summed E-state index contributed by atoms with van der Waals surface area (Å²) >= 11 is 0. The summed E-state index contributed by atoms with van der Waals surface area (Å²) in [4.78, 5) is 13.8. The van der Waals surface area contributed by atoms with Gasteiger partial charge in [0, 0.05) is 30.2 Å².